The molecule has 0 fully saturated rings. The molecule has 0 aliphatic rings. The molecule has 0 N–H and O–H groups in total. The predicted octanol–water partition coefficient (Wildman–Crippen LogP) is 3.24. The quantitative estimate of drug-likeness (QED) is 0.640. The molecule has 6 nitrogen and oxygen atoms in total. The smallest absolute Gasteiger partial charge is 0.280 e. The van der Waals surface area contributed by atoms with Gasteiger partial charge in [-0.05, 0) is 17.7 Å². The number of methoxy groups -OCH3 is 1. The van der Waals surface area contributed by atoms with Crippen LogP contribution in [0.5, 0.6) is 5.75 Å². The van der Waals surface area contributed by atoms with Gasteiger partial charge in [0.15, 0.2) is 0 Å². The number of hydroxylamine groups is 2. The van der Waals surface area contributed by atoms with Crippen LogP contribution in [0.3, 0.4) is 0 Å². The first-order chi connectivity index (χ1) is 12.6. The molecule has 0 unspecified atom stereocenters. The molecule has 0 aliphatic carbocycles. The summed E-state index contributed by atoms with van der Waals surface area (Å²) in [7, 11) is 4.64. The highest BCUT2D eigenvalue weighted by Gasteiger charge is 2.21. The summed E-state index contributed by atoms with van der Waals surface area (Å²) >= 11 is 0. The minimum atomic E-state index is -0.260. The van der Waals surface area contributed by atoms with E-state index in [9.17, 15) is 4.79 Å². The Hall–Kier alpha value is -3.12. The van der Waals surface area contributed by atoms with Gasteiger partial charge >= 0.3 is 0 Å². The van der Waals surface area contributed by atoms with E-state index in [-0.39, 0.29) is 5.91 Å². The van der Waals surface area contributed by atoms with E-state index >= 15 is 0 Å². The molecular weight excluding hydrogens is 330 g/mol. The van der Waals surface area contributed by atoms with Crippen LogP contribution in [0, 0.1) is 0 Å². The Morgan fingerprint density at radius 3 is 2.58 bits per heavy atom. The molecule has 134 valence electrons. The number of hydrogen-bond acceptors (Lipinski definition) is 4. The van der Waals surface area contributed by atoms with Crippen LogP contribution in [0.2, 0.25) is 0 Å². The van der Waals surface area contributed by atoms with Crippen molar-refractivity contribution in [2.75, 3.05) is 21.3 Å². The zero-order valence-electron chi connectivity index (χ0n) is 15.0. The molecule has 0 aliphatic heterocycles. The number of aromatic nitrogens is 2. The second-order valence-corrected chi connectivity index (χ2v) is 5.79. The van der Waals surface area contributed by atoms with E-state index in [1.807, 2.05) is 54.6 Å². The Morgan fingerprint density at radius 1 is 1.12 bits per heavy atom. The topological polar surface area (TPSA) is 56.6 Å². The van der Waals surface area contributed by atoms with E-state index in [0.717, 1.165) is 11.1 Å². The maximum Gasteiger partial charge on any atom is 0.280 e. The van der Waals surface area contributed by atoms with Crippen LogP contribution in [0.15, 0.2) is 60.8 Å². The number of carbonyl (C=O) groups excluding carboxylic acids is 1. The van der Waals surface area contributed by atoms with Crippen LogP contribution in [-0.2, 0) is 11.4 Å². The van der Waals surface area contributed by atoms with Crippen molar-refractivity contribution in [1.29, 1.82) is 0 Å². The zero-order chi connectivity index (χ0) is 18.5. The number of rotatable bonds is 6. The van der Waals surface area contributed by atoms with Crippen molar-refractivity contribution < 1.29 is 14.4 Å². The van der Waals surface area contributed by atoms with Gasteiger partial charge in [-0.1, -0.05) is 42.5 Å². The average molecular weight is 351 g/mol. The minimum absolute atomic E-state index is 0.260. The maximum absolute atomic E-state index is 12.7. The molecule has 3 rings (SSSR count). The van der Waals surface area contributed by atoms with E-state index < -0.39 is 0 Å². The van der Waals surface area contributed by atoms with Gasteiger partial charge in [0.2, 0.25) is 0 Å². The molecular formula is C20H21N3O3. The van der Waals surface area contributed by atoms with Crippen molar-refractivity contribution >= 4 is 5.91 Å². The van der Waals surface area contributed by atoms with Gasteiger partial charge in [0.25, 0.3) is 5.91 Å². The largest absolute Gasteiger partial charge is 0.497 e. The third kappa shape index (κ3) is 3.75. The van der Waals surface area contributed by atoms with E-state index in [0.29, 0.717) is 23.6 Å². The van der Waals surface area contributed by atoms with Crippen molar-refractivity contribution in [3.63, 3.8) is 0 Å². The summed E-state index contributed by atoms with van der Waals surface area (Å²) in [6.45, 7) is 0.571. The van der Waals surface area contributed by atoms with Gasteiger partial charge in [-0.15, -0.1) is 0 Å². The first kappa shape index (κ1) is 17.7. The molecule has 6 heteroatoms. The number of amides is 1. The molecule has 0 radical (unpaired) electrons. The number of carbonyl (C=O) groups is 1. The van der Waals surface area contributed by atoms with Crippen molar-refractivity contribution in [3.05, 3.63) is 71.9 Å². The lowest BCUT2D eigenvalue weighted by atomic mass is 10.1. The Kier molecular flexibility index (Phi) is 5.34. The van der Waals surface area contributed by atoms with Crippen LogP contribution in [0.1, 0.15) is 15.9 Å². The van der Waals surface area contributed by atoms with Crippen LogP contribution in [-0.4, -0.2) is 42.0 Å². The normalized spacial score (nSPS) is 10.6. The number of hydrogen-bond donors (Lipinski definition) is 0. The van der Waals surface area contributed by atoms with Gasteiger partial charge < -0.3 is 4.74 Å². The molecule has 0 saturated carbocycles. The van der Waals surface area contributed by atoms with Gasteiger partial charge in [0.05, 0.1) is 26.3 Å². The molecule has 3 aromatic rings. The molecule has 0 spiro atoms. The Balaban J connectivity index is 2.04. The summed E-state index contributed by atoms with van der Waals surface area (Å²) in [5, 5.41) is 5.84. The van der Waals surface area contributed by atoms with E-state index in [2.05, 4.69) is 5.10 Å². The monoisotopic (exact) mass is 351 g/mol. The maximum atomic E-state index is 12.7. The standard InChI is InChI=1S/C20H21N3O3/c1-22(26-3)20(24)18-14-23(13-15-8-5-4-6-9-15)21-19(18)16-10-7-11-17(12-16)25-2/h4-12,14H,13H2,1-3H3. The highest BCUT2D eigenvalue weighted by molar-refractivity contribution is 5.99. The number of benzene rings is 2. The Bertz CT molecular complexity index is 890. The summed E-state index contributed by atoms with van der Waals surface area (Å²) in [5.41, 5.74) is 2.97. The summed E-state index contributed by atoms with van der Waals surface area (Å²) < 4.78 is 7.06. The lowest BCUT2D eigenvalue weighted by Crippen LogP contribution is -2.25. The van der Waals surface area contributed by atoms with Gasteiger partial charge in [-0.3, -0.25) is 14.3 Å². The molecule has 0 bridgehead atoms. The Morgan fingerprint density at radius 2 is 1.88 bits per heavy atom. The third-order valence-corrected chi connectivity index (χ3v) is 4.08. The van der Waals surface area contributed by atoms with Crippen molar-refractivity contribution in [1.82, 2.24) is 14.8 Å². The molecule has 1 heterocycles. The highest BCUT2D eigenvalue weighted by atomic mass is 16.7. The van der Waals surface area contributed by atoms with Crippen LogP contribution in [0.4, 0.5) is 0 Å². The fourth-order valence-corrected chi connectivity index (χ4v) is 2.67. The van der Waals surface area contributed by atoms with E-state index in [1.165, 1.54) is 12.2 Å². The van der Waals surface area contributed by atoms with Crippen molar-refractivity contribution in [3.8, 4) is 17.0 Å². The van der Waals surface area contributed by atoms with E-state index in [1.54, 1.807) is 25.0 Å². The van der Waals surface area contributed by atoms with Crippen LogP contribution >= 0.6 is 0 Å². The first-order valence-electron chi connectivity index (χ1n) is 8.20. The average Bonchev–Trinajstić information content (AvgIpc) is 3.11. The second-order valence-electron chi connectivity index (χ2n) is 5.79. The fourth-order valence-electron chi connectivity index (χ4n) is 2.67. The van der Waals surface area contributed by atoms with Gasteiger partial charge in [-0.2, -0.15) is 5.10 Å². The summed E-state index contributed by atoms with van der Waals surface area (Å²) in [6.07, 6.45) is 1.75. The summed E-state index contributed by atoms with van der Waals surface area (Å²) in [6, 6.07) is 17.5. The predicted molar refractivity (Wildman–Crippen MR) is 98.9 cm³/mol. The van der Waals surface area contributed by atoms with Crippen molar-refractivity contribution in [2.24, 2.45) is 0 Å². The fraction of sp³-hybridized carbons (Fsp3) is 0.200. The minimum Gasteiger partial charge on any atom is -0.497 e. The van der Waals surface area contributed by atoms with Crippen molar-refractivity contribution in [2.45, 2.75) is 6.54 Å². The molecule has 0 saturated heterocycles. The molecule has 1 amide bonds. The molecule has 2 aromatic carbocycles. The third-order valence-electron chi connectivity index (χ3n) is 4.08. The van der Waals surface area contributed by atoms with E-state index in [4.69, 9.17) is 9.57 Å². The Labute approximate surface area is 152 Å². The SMILES string of the molecule is COc1cccc(-c2nn(Cc3ccccc3)cc2C(=O)N(C)OC)c1. The number of nitrogens with zero attached hydrogens (tertiary/aromatic N) is 3. The van der Waals surface area contributed by atoms with Crippen LogP contribution in [0.25, 0.3) is 11.3 Å². The van der Waals surface area contributed by atoms with Gasteiger partial charge in [0.1, 0.15) is 11.4 Å². The molecule has 26 heavy (non-hydrogen) atoms. The molecule has 1 aromatic heterocycles. The first-order valence-corrected chi connectivity index (χ1v) is 8.20. The number of ether oxygens (including phenoxy) is 1. The summed E-state index contributed by atoms with van der Waals surface area (Å²) in [4.78, 5) is 17.8. The second kappa shape index (κ2) is 7.84. The van der Waals surface area contributed by atoms with Gasteiger partial charge in [-0.25, -0.2) is 5.06 Å². The summed E-state index contributed by atoms with van der Waals surface area (Å²) in [5.74, 6) is 0.447. The zero-order valence-corrected chi connectivity index (χ0v) is 15.0. The molecule has 0 atom stereocenters. The lowest BCUT2D eigenvalue weighted by molar-refractivity contribution is -0.0756. The van der Waals surface area contributed by atoms with Crippen LogP contribution < -0.4 is 4.74 Å². The lowest BCUT2D eigenvalue weighted by Gasteiger charge is -2.13. The highest BCUT2D eigenvalue weighted by Crippen LogP contribution is 2.27. The van der Waals surface area contributed by atoms with Gasteiger partial charge in [0, 0.05) is 18.8 Å².